The Balaban J connectivity index is 1.82. The number of pyridine rings is 1. The second kappa shape index (κ2) is 7.44. The fraction of sp³-hybridized carbons (Fsp3) is 0.238. The number of nitrogens with one attached hydrogen (secondary N) is 1. The summed E-state index contributed by atoms with van der Waals surface area (Å²) in [5.41, 5.74) is 3.31. The average Bonchev–Trinajstić information content (AvgIpc) is 3.27. The minimum Gasteiger partial charge on any atom is -0.352 e. The average molecular weight is 441 g/mol. The molecule has 2 atom stereocenters. The number of benzene rings is 1. The lowest BCUT2D eigenvalue weighted by Crippen LogP contribution is -2.36. The molecule has 0 spiro atoms. The van der Waals surface area contributed by atoms with E-state index in [0.29, 0.717) is 0 Å². The topological polar surface area (TPSA) is 33.1 Å². The molecule has 6 heteroatoms. The van der Waals surface area contributed by atoms with Crippen molar-refractivity contribution < 1.29 is 0 Å². The first kappa shape index (κ1) is 18.2. The SMILES string of the molecule is CC(C)N1C(=S)N[C@H](c2ccccn2)[C@H]1c1cccn1-c1ccc(Br)cc1. The molecule has 1 fully saturated rings. The number of hydrogen-bond acceptors (Lipinski definition) is 2. The summed E-state index contributed by atoms with van der Waals surface area (Å²) in [5, 5.41) is 4.27. The molecule has 1 N–H and O–H groups in total. The van der Waals surface area contributed by atoms with Gasteiger partial charge in [0.2, 0.25) is 0 Å². The van der Waals surface area contributed by atoms with Crippen LogP contribution in [0.2, 0.25) is 0 Å². The van der Waals surface area contributed by atoms with Gasteiger partial charge in [0.15, 0.2) is 5.11 Å². The van der Waals surface area contributed by atoms with E-state index in [2.05, 4.69) is 98.2 Å². The van der Waals surface area contributed by atoms with Gasteiger partial charge in [-0.15, -0.1) is 0 Å². The molecule has 0 bridgehead atoms. The van der Waals surface area contributed by atoms with Crippen molar-refractivity contribution in [2.45, 2.75) is 32.0 Å². The Kier molecular flexibility index (Phi) is 5.02. The van der Waals surface area contributed by atoms with Gasteiger partial charge in [-0.1, -0.05) is 22.0 Å². The Morgan fingerprint density at radius 2 is 1.85 bits per heavy atom. The Morgan fingerprint density at radius 1 is 1.07 bits per heavy atom. The predicted octanol–water partition coefficient (Wildman–Crippen LogP) is 5.02. The maximum absolute atomic E-state index is 5.69. The van der Waals surface area contributed by atoms with E-state index in [1.165, 1.54) is 5.69 Å². The standard InChI is InChI=1S/C21H21BrN4S/c1-14(2)26-20(19(24-21(26)27)17-6-3-4-12-23-17)18-7-5-13-25(18)16-10-8-15(22)9-11-16/h3-14,19-20H,1-2H3,(H,24,27)/t19-,20-/m1/s1. The van der Waals surface area contributed by atoms with Crippen molar-refractivity contribution in [3.05, 3.63) is 82.9 Å². The van der Waals surface area contributed by atoms with Crippen LogP contribution in [0.4, 0.5) is 0 Å². The van der Waals surface area contributed by atoms with Gasteiger partial charge in [-0.2, -0.15) is 0 Å². The molecule has 0 unspecified atom stereocenters. The molecule has 1 aliphatic heterocycles. The summed E-state index contributed by atoms with van der Waals surface area (Å²) in [7, 11) is 0. The van der Waals surface area contributed by atoms with Gasteiger partial charge in [0, 0.05) is 34.3 Å². The lowest BCUT2D eigenvalue weighted by molar-refractivity contribution is 0.262. The molecule has 4 rings (SSSR count). The van der Waals surface area contributed by atoms with E-state index < -0.39 is 0 Å². The number of hydrogen-bond donors (Lipinski definition) is 1. The molecule has 0 aliphatic carbocycles. The zero-order valence-electron chi connectivity index (χ0n) is 15.2. The summed E-state index contributed by atoms with van der Waals surface area (Å²) >= 11 is 9.21. The van der Waals surface area contributed by atoms with Crippen LogP contribution in [0.1, 0.15) is 37.3 Å². The van der Waals surface area contributed by atoms with E-state index in [1.807, 2.05) is 18.3 Å². The third-order valence-electron chi connectivity index (χ3n) is 4.88. The van der Waals surface area contributed by atoms with E-state index in [-0.39, 0.29) is 18.1 Å². The first-order valence-corrected chi connectivity index (χ1v) is 10.2. The molecule has 3 aromatic rings. The van der Waals surface area contributed by atoms with E-state index in [0.717, 1.165) is 21.0 Å². The summed E-state index contributed by atoms with van der Waals surface area (Å²) in [5.74, 6) is 0. The molecule has 0 saturated carbocycles. The first-order chi connectivity index (χ1) is 13.1. The maximum Gasteiger partial charge on any atom is 0.170 e. The zero-order valence-corrected chi connectivity index (χ0v) is 17.6. The summed E-state index contributed by atoms with van der Waals surface area (Å²) in [6, 6.07) is 19.0. The van der Waals surface area contributed by atoms with Crippen molar-refractivity contribution in [1.29, 1.82) is 0 Å². The Bertz CT molecular complexity index is 936. The molecule has 0 amide bonds. The van der Waals surface area contributed by atoms with Crippen LogP contribution in [0.5, 0.6) is 0 Å². The van der Waals surface area contributed by atoms with Crippen LogP contribution in [0.3, 0.4) is 0 Å². The number of thiocarbonyl (C=S) groups is 1. The van der Waals surface area contributed by atoms with E-state index >= 15 is 0 Å². The van der Waals surface area contributed by atoms with Gasteiger partial charge in [-0.25, -0.2) is 0 Å². The van der Waals surface area contributed by atoms with Crippen molar-refractivity contribution in [2.75, 3.05) is 0 Å². The molecular weight excluding hydrogens is 420 g/mol. The van der Waals surface area contributed by atoms with Crippen LogP contribution in [-0.2, 0) is 0 Å². The van der Waals surface area contributed by atoms with Gasteiger partial charge < -0.3 is 14.8 Å². The molecule has 1 aromatic carbocycles. The van der Waals surface area contributed by atoms with Gasteiger partial charge in [-0.3, -0.25) is 4.98 Å². The lowest BCUT2D eigenvalue weighted by Gasteiger charge is -2.31. The highest BCUT2D eigenvalue weighted by Gasteiger charge is 2.42. The Morgan fingerprint density at radius 3 is 2.52 bits per heavy atom. The number of aromatic nitrogens is 2. The van der Waals surface area contributed by atoms with Crippen molar-refractivity contribution in [3.8, 4) is 5.69 Å². The number of halogens is 1. The normalized spacial score (nSPS) is 19.6. The number of nitrogens with zero attached hydrogens (tertiary/aromatic N) is 3. The van der Waals surface area contributed by atoms with Gasteiger partial charge in [0.05, 0.1) is 17.8 Å². The van der Waals surface area contributed by atoms with Gasteiger partial charge >= 0.3 is 0 Å². The van der Waals surface area contributed by atoms with Crippen LogP contribution in [0.25, 0.3) is 5.69 Å². The largest absolute Gasteiger partial charge is 0.352 e. The number of rotatable bonds is 4. The third-order valence-corrected chi connectivity index (χ3v) is 5.74. The third kappa shape index (κ3) is 3.39. The highest BCUT2D eigenvalue weighted by molar-refractivity contribution is 9.10. The summed E-state index contributed by atoms with van der Waals surface area (Å²) in [6.07, 6.45) is 3.94. The molecule has 2 aromatic heterocycles. The highest BCUT2D eigenvalue weighted by Crippen LogP contribution is 2.40. The van der Waals surface area contributed by atoms with E-state index in [9.17, 15) is 0 Å². The minimum atomic E-state index is 0.00481. The zero-order chi connectivity index (χ0) is 19.0. The second-order valence-corrected chi connectivity index (χ2v) is 8.21. The van der Waals surface area contributed by atoms with Crippen molar-refractivity contribution in [2.24, 2.45) is 0 Å². The van der Waals surface area contributed by atoms with E-state index in [4.69, 9.17) is 12.2 Å². The second-order valence-electron chi connectivity index (χ2n) is 6.91. The Labute approximate surface area is 173 Å². The summed E-state index contributed by atoms with van der Waals surface area (Å²) in [4.78, 5) is 6.88. The summed E-state index contributed by atoms with van der Waals surface area (Å²) < 4.78 is 3.30. The maximum atomic E-state index is 5.69. The van der Waals surface area contributed by atoms with Crippen LogP contribution < -0.4 is 5.32 Å². The smallest absolute Gasteiger partial charge is 0.170 e. The monoisotopic (exact) mass is 440 g/mol. The minimum absolute atomic E-state index is 0.00481. The molecule has 1 saturated heterocycles. The Hall–Kier alpha value is -2.18. The molecular formula is C21H21BrN4S. The van der Waals surface area contributed by atoms with E-state index in [1.54, 1.807) is 0 Å². The van der Waals surface area contributed by atoms with Gasteiger partial charge in [0.25, 0.3) is 0 Å². The van der Waals surface area contributed by atoms with Gasteiger partial charge in [0.1, 0.15) is 0 Å². The van der Waals surface area contributed by atoms with Crippen LogP contribution >= 0.6 is 28.1 Å². The van der Waals surface area contributed by atoms with Crippen molar-refractivity contribution in [1.82, 2.24) is 19.8 Å². The summed E-state index contributed by atoms with van der Waals surface area (Å²) in [6.45, 7) is 4.35. The van der Waals surface area contributed by atoms with Crippen molar-refractivity contribution in [3.63, 3.8) is 0 Å². The molecule has 3 heterocycles. The fourth-order valence-electron chi connectivity index (χ4n) is 3.71. The fourth-order valence-corrected chi connectivity index (χ4v) is 4.43. The molecule has 0 radical (unpaired) electrons. The van der Waals surface area contributed by atoms with Crippen LogP contribution in [-0.4, -0.2) is 25.6 Å². The quantitative estimate of drug-likeness (QED) is 0.577. The lowest BCUT2D eigenvalue weighted by atomic mass is 10.0. The molecule has 138 valence electrons. The molecule has 4 nitrogen and oxygen atoms in total. The molecule has 1 aliphatic rings. The molecule has 27 heavy (non-hydrogen) atoms. The predicted molar refractivity (Wildman–Crippen MR) is 116 cm³/mol. The van der Waals surface area contributed by atoms with Crippen LogP contribution in [0, 0.1) is 0 Å². The first-order valence-electron chi connectivity index (χ1n) is 8.99. The van der Waals surface area contributed by atoms with Crippen molar-refractivity contribution >= 4 is 33.3 Å². The highest BCUT2D eigenvalue weighted by atomic mass is 79.9. The van der Waals surface area contributed by atoms with Crippen LogP contribution in [0.15, 0.2) is 71.5 Å². The van der Waals surface area contributed by atoms with Gasteiger partial charge in [-0.05, 0) is 74.6 Å².